The molecule has 1 N–H and O–H groups in total. The predicted octanol–water partition coefficient (Wildman–Crippen LogP) is 3.17. The van der Waals surface area contributed by atoms with E-state index in [0.717, 1.165) is 12.8 Å². The largest absolute Gasteiger partial charge is 0.444 e. The summed E-state index contributed by atoms with van der Waals surface area (Å²) in [7, 11) is 0. The molecule has 7 heteroatoms. The third-order valence-corrected chi connectivity index (χ3v) is 4.01. The zero-order chi connectivity index (χ0) is 19.2. The van der Waals surface area contributed by atoms with Crippen molar-refractivity contribution in [2.45, 2.75) is 25.0 Å². The van der Waals surface area contributed by atoms with Crippen molar-refractivity contribution < 1.29 is 19.2 Å². The van der Waals surface area contributed by atoms with Gasteiger partial charge in [-0.3, -0.25) is 14.9 Å². The van der Waals surface area contributed by atoms with E-state index in [1.165, 1.54) is 36.4 Å². The number of esters is 1. The smallest absolute Gasteiger partial charge is 0.331 e. The molecule has 0 aliphatic heterocycles. The number of nitrogens with one attached hydrogen (secondary N) is 1. The van der Waals surface area contributed by atoms with Crippen LogP contribution in [0.2, 0.25) is 0 Å². The highest BCUT2D eigenvalue weighted by molar-refractivity contribution is 5.91. The maximum atomic E-state index is 12.4. The number of nitro benzene ring substituents is 1. The van der Waals surface area contributed by atoms with Crippen molar-refractivity contribution in [1.29, 1.82) is 0 Å². The first kappa shape index (κ1) is 18.3. The molecule has 3 rings (SSSR count). The van der Waals surface area contributed by atoms with Crippen LogP contribution in [0.5, 0.6) is 0 Å². The van der Waals surface area contributed by atoms with Gasteiger partial charge in [0.25, 0.3) is 11.6 Å². The lowest BCUT2D eigenvalue weighted by molar-refractivity contribution is -0.384. The number of nitrogens with zero attached hydrogens (tertiary/aromatic N) is 1. The number of ether oxygens (including phenoxy) is 1. The van der Waals surface area contributed by atoms with Crippen molar-refractivity contribution in [3.05, 3.63) is 81.9 Å². The second-order valence-corrected chi connectivity index (χ2v) is 6.19. The number of benzene rings is 2. The molecule has 1 aliphatic carbocycles. The lowest BCUT2D eigenvalue weighted by atomic mass is 10.1. The van der Waals surface area contributed by atoms with Gasteiger partial charge in [-0.05, 0) is 36.6 Å². The number of carbonyl (C=O) groups excluding carboxylic acids is 2. The van der Waals surface area contributed by atoms with Crippen LogP contribution in [0.1, 0.15) is 30.1 Å². The zero-order valence-electron chi connectivity index (χ0n) is 14.4. The van der Waals surface area contributed by atoms with Gasteiger partial charge in [0.15, 0.2) is 0 Å². The van der Waals surface area contributed by atoms with Gasteiger partial charge in [0.1, 0.15) is 0 Å². The average molecular weight is 366 g/mol. The number of hydrogen-bond donors (Lipinski definition) is 1. The summed E-state index contributed by atoms with van der Waals surface area (Å²) >= 11 is 0. The Labute approximate surface area is 155 Å². The minimum atomic E-state index is -1.03. The first-order valence-corrected chi connectivity index (χ1v) is 8.51. The first-order chi connectivity index (χ1) is 13.0. The number of non-ortho nitro benzene ring substituents is 1. The topological polar surface area (TPSA) is 98.5 Å². The van der Waals surface area contributed by atoms with Crippen molar-refractivity contribution in [3.8, 4) is 0 Å². The normalized spacial score (nSPS) is 14.5. The van der Waals surface area contributed by atoms with Crippen LogP contribution >= 0.6 is 0 Å². The van der Waals surface area contributed by atoms with Crippen molar-refractivity contribution in [2.24, 2.45) is 0 Å². The van der Waals surface area contributed by atoms with Crippen LogP contribution in [0.4, 0.5) is 5.69 Å². The third-order valence-electron chi connectivity index (χ3n) is 4.01. The Morgan fingerprint density at radius 2 is 1.78 bits per heavy atom. The van der Waals surface area contributed by atoms with Crippen LogP contribution in [0, 0.1) is 10.1 Å². The van der Waals surface area contributed by atoms with E-state index in [9.17, 15) is 19.7 Å². The van der Waals surface area contributed by atoms with Crippen LogP contribution in [-0.4, -0.2) is 22.8 Å². The predicted molar refractivity (Wildman–Crippen MR) is 98.6 cm³/mol. The molecule has 138 valence electrons. The SMILES string of the molecule is O=C(/C=C/c1ccc([N+](=O)[O-])cc1)O[C@H](C(=O)NC1CC1)c1ccccc1. The standard InChI is InChI=1S/C20H18N2O5/c23-18(13-8-14-6-11-17(12-7-14)22(25)26)27-19(15-4-2-1-3-5-15)20(24)21-16-9-10-16/h1-8,11-13,16,19H,9-10H2,(H,21,24)/b13-8+/t19-/m0/s1. The highest BCUT2D eigenvalue weighted by Crippen LogP contribution is 2.23. The molecule has 1 fully saturated rings. The highest BCUT2D eigenvalue weighted by Gasteiger charge is 2.30. The van der Waals surface area contributed by atoms with E-state index in [1.807, 2.05) is 6.07 Å². The minimum absolute atomic E-state index is 0.0318. The molecule has 0 spiro atoms. The summed E-state index contributed by atoms with van der Waals surface area (Å²) in [6, 6.07) is 14.7. The molecular formula is C20H18N2O5. The van der Waals surface area contributed by atoms with Crippen LogP contribution in [-0.2, 0) is 14.3 Å². The summed E-state index contributed by atoms with van der Waals surface area (Å²) in [6.45, 7) is 0. The van der Waals surface area contributed by atoms with Gasteiger partial charge in [0.2, 0.25) is 6.10 Å². The van der Waals surface area contributed by atoms with E-state index >= 15 is 0 Å². The lowest BCUT2D eigenvalue weighted by Crippen LogP contribution is -2.33. The van der Waals surface area contributed by atoms with Crippen LogP contribution in [0.25, 0.3) is 6.08 Å². The van der Waals surface area contributed by atoms with E-state index < -0.39 is 17.0 Å². The zero-order valence-corrected chi connectivity index (χ0v) is 14.4. The van der Waals surface area contributed by atoms with Gasteiger partial charge >= 0.3 is 5.97 Å². The third kappa shape index (κ3) is 5.24. The summed E-state index contributed by atoms with van der Waals surface area (Å²) in [5, 5.41) is 13.5. The summed E-state index contributed by atoms with van der Waals surface area (Å²) < 4.78 is 5.36. The van der Waals surface area contributed by atoms with E-state index in [1.54, 1.807) is 24.3 Å². The monoisotopic (exact) mass is 366 g/mol. The first-order valence-electron chi connectivity index (χ1n) is 8.51. The van der Waals surface area contributed by atoms with Gasteiger partial charge in [-0.2, -0.15) is 0 Å². The molecule has 7 nitrogen and oxygen atoms in total. The molecule has 1 saturated carbocycles. The highest BCUT2D eigenvalue weighted by atomic mass is 16.6. The van der Waals surface area contributed by atoms with Crippen LogP contribution < -0.4 is 5.32 Å². The fourth-order valence-corrected chi connectivity index (χ4v) is 2.43. The van der Waals surface area contributed by atoms with Gasteiger partial charge < -0.3 is 10.1 Å². The van der Waals surface area contributed by atoms with Gasteiger partial charge in [-0.25, -0.2) is 4.79 Å². The second kappa shape index (κ2) is 8.27. The van der Waals surface area contributed by atoms with E-state index in [0.29, 0.717) is 11.1 Å². The second-order valence-electron chi connectivity index (χ2n) is 6.19. The van der Waals surface area contributed by atoms with Gasteiger partial charge in [0.05, 0.1) is 4.92 Å². The van der Waals surface area contributed by atoms with E-state index in [4.69, 9.17) is 4.74 Å². The van der Waals surface area contributed by atoms with Crippen molar-refractivity contribution in [3.63, 3.8) is 0 Å². The summed E-state index contributed by atoms with van der Waals surface area (Å²) in [5.41, 5.74) is 1.17. The Hall–Kier alpha value is -3.48. The van der Waals surface area contributed by atoms with Crippen molar-refractivity contribution in [2.75, 3.05) is 0 Å². The number of nitro groups is 1. The Kier molecular flexibility index (Phi) is 5.61. The molecule has 1 atom stereocenters. The summed E-state index contributed by atoms with van der Waals surface area (Å²) in [4.78, 5) is 34.8. The fourth-order valence-electron chi connectivity index (χ4n) is 2.43. The molecule has 1 aliphatic rings. The number of hydrogen-bond acceptors (Lipinski definition) is 5. The Bertz CT molecular complexity index is 858. The summed E-state index contributed by atoms with van der Waals surface area (Å²) in [5.74, 6) is -1.02. The molecule has 1 amide bonds. The Morgan fingerprint density at radius 3 is 2.37 bits per heavy atom. The molecule has 2 aromatic rings. The molecule has 0 heterocycles. The Balaban J connectivity index is 1.68. The number of amides is 1. The summed E-state index contributed by atoms with van der Waals surface area (Å²) in [6.07, 6.45) is 3.51. The maximum Gasteiger partial charge on any atom is 0.331 e. The van der Waals surface area contributed by atoms with Crippen LogP contribution in [0.15, 0.2) is 60.7 Å². The maximum absolute atomic E-state index is 12.4. The van der Waals surface area contributed by atoms with E-state index in [-0.39, 0.29) is 17.6 Å². The molecule has 0 bridgehead atoms. The van der Waals surface area contributed by atoms with Gasteiger partial charge in [-0.15, -0.1) is 0 Å². The molecule has 2 aromatic carbocycles. The average Bonchev–Trinajstić information content (AvgIpc) is 3.49. The lowest BCUT2D eigenvalue weighted by Gasteiger charge is -2.17. The van der Waals surface area contributed by atoms with E-state index in [2.05, 4.69) is 5.32 Å². The van der Waals surface area contributed by atoms with Crippen molar-refractivity contribution >= 4 is 23.6 Å². The molecule has 0 aromatic heterocycles. The molecule has 0 unspecified atom stereocenters. The van der Waals surface area contributed by atoms with Crippen LogP contribution in [0.3, 0.4) is 0 Å². The molecule has 0 saturated heterocycles. The van der Waals surface area contributed by atoms with Gasteiger partial charge in [-0.1, -0.05) is 30.3 Å². The minimum Gasteiger partial charge on any atom is -0.444 e. The quantitative estimate of drug-likeness (QED) is 0.351. The molecule has 0 radical (unpaired) electrons. The molecular weight excluding hydrogens is 348 g/mol. The fraction of sp³-hybridized carbons (Fsp3) is 0.200. The van der Waals surface area contributed by atoms with Gasteiger partial charge in [0, 0.05) is 29.8 Å². The van der Waals surface area contributed by atoms with Crippen molar-refractivity contribution in [1.82, 2.24) is 5.32 Å². The molecule has 27 heavy (non-hydrogen) atoms. The number of carbonyl (C=O) groups is 2. The Morgan fingerprint density at radius 1 is 1.11 bits per heavy atom. The number of rotatable bonds is 7.